The molecule has 0 spiro atoms. The molecule has 146 valence electrons. The summed E-state index contributed by atoms with van der Waals surface area (Å²) in [5.74, 6) is 1.06. The minimum atomic E-state index is -3.23. The quantitative estimate of drug-likeness (QED) is 0.657. The number of benzene rings is 2. The summed E-state index contributed by atoms with van der Waals surface area (Å²) in [6.07, 6.45) is 3.48. The van der Waals surface area contributed by atoms with E-state index in [0.29, 0.717) is 18.1 Å². The van der Waals surface area contributed by atoms with Crippen molar-refractivity contribution in [3.8, 4) is 11.3 Å². The Morgan fingerprint density at radius 1 is 1.11 bits per heavy atom. The van der Waals surface area contributed by atoms with Crippen molar-refractivity contribution in [3.63, 3.8) is 0 Å². The van der Waals surface area contributed by atoms with Crippen LogP contribution in [0.15, 0.2) is 70.1 Å². The summed E-state index contributed by atoms with van der Waals surface area (Å²) >= 11 is 0. The summed E-state index contributed by atoms with van der Waals surface area (Å²) in [4.78, 5) is 16.7. The van der Waals surface area contributed by atoms with Gasteiger partial charge in [0.1, 0.15) is 0 Å². The van der Waals surface area contributed by atoms with Gasteiger partial charge in [0, 0.05) is 24.7 Å². The lowest BCUT2D eigenvalue weighted by molar-refractivity contribution is -0.121. The summed E-state index contributed by atoms with van der Waals surface area (Å²) in [5.41, 5.74) is 1.78. The second kappa shape index (κ2) is 8.39. The van der Waals surface area contributed by atoms with Crippen LogP contribution in [0.25, 0.3) is 11.3 Å². The Balaban J connectivity index is 1.54. The maximum absolute atomic E-state index is 12.2. The molecular weight excluding hydrogens is 376 g/mol. The van der Waals surface area contributed by atoms with Gasteiger partial charge in [-0.3, -0.25) is 4.79 Å². The van der Waals surface area contributed by atoms with Gasteiger partial charge in [0.25, 0.3) is 0 Å². The summed E-state index contributed by atoms with van der Waals surface area (Å²) in [6, 6.07) is 15.9. The number of hydrogen-bond acceptors (Lipinski definition) is 5. The molecule has 0 bridgehead atoms. The van der Waals surface area contributed by atoms with Gasteiger partial charge in [-0.15, -0.1) is 0 Å². The van der Waals surface area contributed by atoms with E-state index in [2.05, 4.69) is 10.3 Å². The Hall–Kier alpha value is -2.93. The van der Waals surface area contributed by atoms with Crippen LogP contribution in [0.5, 0.6) is 0 Å². The third-order valence-corrected chi connectivity index (χ3v) is 5.49. The van der Waals surface area contributed by atoms with Gasteiger partial charge in [-0.1, -0.05) is 42.5 Å². The first kappa shape index (κ1) is 19.8. The van der Waals surface area contributed by atoms with Crippen molar-refractivity contribution in [2.45, 2.75) is 30.7 Å². The first-order valence-corrected chi connectivity index (χ1v) is 10.8. The van der Waals surface area contributed by atoms with Crippen LogP contribution in [-0.4, -0.2) is 25.6 Å². The lowest BCUT2D eigenvalue weighted by atomic mass is 10.1. The van der Waals surface area contributed by atoms with Crippen molar-refractivity contribution in [1.82, 2.24) is 10.3 Å². The van der Waals surface area contributed by atoms with Gasteiger partial charge in [0.2, 0.25) is 5.91 Å². The highest BCUT2D eigenvalue weighted by molar-refractivity contribution is 7.90. The second-order valence-electron chi connectivity index (χ2n) is 6.61. The smallest absolute Gasteiger partial charge is 0.220 e. The van der Waals surface area contributed by atoms with Crippen molar-refractivity contribution in [1.29, 1.82) is 0 Å². The molecule has 3 rings (SSSR count). The van der Waals surface area contributed by atoms with Crippen LogP contribution in [0.4, 0.5) is 0 Å². The zero-order valence-corrected chi connectivity index (χ0v) is 16.6. The van der Waals surface area contributed by atoms with Gasteiger partial charge in [0.15, 0.2) is 21.5 Å². The van der Waals surface area contributed by atoms with E-state index in [9.17, 15) is 13.2 Å². The molecule has 6 nitrogen and oxygen atoms in total. The predicted octanol–water partition coefficient (Wildman–Crippen LogP) is 3.56. The number of carbonyl (C=O) groups is 1. The molecule has 0 saturated carbocycles. The summed E-state index contributed by atoms with van der Waals surface area (Å²) in [5, 5.41) is 2.91. The Bertz CT molecular complexity index is 1040. The third-order valence-electron chi connectivity index (χ3n) is 4.36. The first-order valence-electron chi connectivity index (χ1n) is 8.92. The van der Waals surface area contributed by atoms with Crippen molar-refractivity contribution >= 4 is 15.7 Å². The fourth-order valence-electron chi connectivity index (χ4n) is 2.78. The summed E-state index contributed by atoms with van der Waals surface area (Å²) < 4.78 is 28.7. The van der Waals surface area contributed by atoms with Crippen molar-refractivity contribution in [2.24, 2.45) is 0 Å². The Morgan fingerprint density at radius 3 is 2.43 bits per heavy atom. The molecule has 0 aliphatic heterocycles. The minimum absolute atomic E-state index is 0.126. The van der Waals surface area contributed by atoms with Crippen molar-refractivity contribution < 1.29 is 17.6 Å². The molecule has 1 heterocycles. The van der Waals surface area contributed by atoms with Gasteiger partial charge in [-0.05, 0) is 24.6 Å². The maximum Gasteiger partial charge on any atom is 0.220 e. The molecule has 3 aromatic rings. The van der Waals surface area contributed by atoms with Crippen LogP contribution in [-0.2, 0) is 21.1 Å². The SMILES string of the molecule is C[C@H](NC(=O)CCc1ncc(-c2ccccc2)o1)c1ccc(S(C)(=O)=O)cc1. The molecule has 1 aromatic heterocycles. The summed E-state index contributed by atoms with van der Waals surface area (Å²) in [7, 11) is -3.23. The molecule has 1 N–H and O–H groups in total. The van der Waals surface area contributed by atoms with Crippen LogP contribution >= 0.6 is 0 Å². The van der Waals surface area contributed by atoms with E-state index in [1.807, 2.05) is 37.3 Å². The van der Waals surface area contributed by atoms with Gasteiger partial charge in [-0.2, -0.15) is 0 Å². The van der Waals surface area contributed by atoms with Crippen LogP contribution in [0.2, 0.25) is 0 Å². The number of sulfone groups is 1. The number of oxazole rings is 1. The predicted molar refractivity (Wildman–Crippen MR) is 106 cm³/mol. The number of nitrogens with one attached hydrogen (secondary N) is 1. The average molecular weight is 398 g/mol. The summed E-state index contributed by atoms with van der Waals surface area (Å²) in [6.45, 7) is 1.85. The monoisotopic (exact) mass is 398 g/mol. The van der Waals surface area contributed by atoms with E-state index >= 15 is 0 Å². The normalized spacial score (nSPS) is 12.5. The van der Waals surface area contributed by atoms with Gasteiger partial charge in [0.05, 0.1) is 17.1 Å². The van der Waals surface area contributed by atoms with Crippen molar-refractivity contribution in [3.05, 3.63) is 72.2 Å². The molecule has 1 atom stereocenters. The lowest BCUT2D eigenvalue weighted by Crippen LogP contribution is -2.26. The minimum Gasteiger partial charge on any atom is -0.441 e. The van der Waals surface area contributed by atoms with E-state index in [1.54, 1.807) is 30.5 Å². The standard InChI is InChI=1S/C21H22N2O4S/c1-15(16-8-10-18(11-9-16)28(2,25)26)23-20(24)12-13-21-22-14-19(27-21)17-6-4-3-5-7-17/h3-11,14-15H,12-13H2,1-2H3,(H,23,24)/t15-/m0/s1. The highest BCUT2D eigenvalue weighted by Gasteiger charge is 2.13. The lowest BCUT2D eigenvalue weighted by Gasteiger charge is -2.14. The highest BCUT2D eigenvalue weighted by Crippen LogP contribution is 2.20. The Labute approximate surface area is 164 Å². The van der Waals surface area contributed by atoms with E-state index < -0.39 is 9.84 Å². The topological polar surface area (TPSA) is 89.3 Å². The van der Waals surface area contributed by atoms with Crippen LogP contribution in [0.1, 0.15) is 30.8 Å². The maximum atomic E-state index is 12.2. The molecule has 0 saturated heterocycles. The van der Waals surface area contributed by atoms with E-state index in [0.717, 1.165) is 11.1 Å². The number of rotatable bonds is 7. The zero-order chi connectivity index (χ0) is 20.1. The number of aromatic nitrogens is 1. The number of nitrogens with zero attached hydrogens (tertiary/aromatic N) is 1. The van der Waals surface area contributed by atoms with Gasteiger partial charge in [-0.25, -0.2) is 13.4 Å². The number of hydrogen-bond donors (Lipinski definition) is 1. The Morgan fingerprint density at radius 2 is 1.79 bits per heavy atom. The molecule has 1 amide bonds. The molecule has 0 unspecified atom stereocenters. The number of carbonyl (C=O) groups excluding carboxylic acids is 1. The highest BCUT2D eigenvalue weighted by atomic mass is 32.2. The largest absolute Gasteiger partial charge is 0.441 e. The molecule has 0 radical (unpaired) electrons. The second-order valence-corrected chi connectivity index (χ2v) is 8.63. The third kappa shape index (κ3) is 5.07. The Kier molecular flexibility index (Phi) is 5.94. The van der Waals surface area contributed by atoms with E-state index in [4.69, 9.17) is 4.42 Å². The fraction of sp³-hybridized carbons (Fsp3) is 0.238. The molecule has 2 aromatic carbocycles. The van der Waals surface area contributed by atoms with E-state index in [1.165, 1.54) is 6.26 Å². The van der Waals surface area contributed by atoms with Crippen LogP contribution in [0, 0.1) is 0 Å². The molecule has 0 aliphatic rings. The number of aryl methyl sites for hydroxylation is 1. The zero-order valence-electron chi connectivity index (χ0n) is 15.8. The van der Waals surface area contributed by atoms with Gasteiger partial charge < -0.3 is 9.73 Å². The first-order chi connectivity index (χ1) is 13.3. The fourth-order valence-corrected chi connectivity index (χ4v) is 3.41. The van der Waals surface area contributed by atoms with Crippen LogP contribution < -0.4 is 5.32 Å². The van der Waals surface area contributed by atoms with Crippen LogP contribution in [0.3, 0.4) is 0 Å². The van der Waals surface area contributed by atoms with E-state index in [-0.39, 0.29) is 23.3 Å². The molecule has 28 heavy (non-hydrogen) atoms. The molecule has 0 aliphatic carbocycles. The van der Waals surface area contributed by atoms with Crippen molar-refractivity contribution in [2.75, 3.05) is 6.26 Å². The average Bonchev–Trinajstić information content (AvgIpc) is 3.15. The molecule has 0 fully saturated rings. The molecule has 7 heteroatoms. The molecular formula is C21H22N2O4S. The number of amides is 1. The van der Waals surface area contributed by atoms with Gasteiger partial charge >= 0.3 is 0 Å².